The third-order valence-electron chi connectivity index (χ3n) is 3.38. The fourth-order valence-corrected chi connectivity index (χ4v) is 1.69. The molecule has 0 radical (unpaired) electrons. The maximum Gasteiger partial charge on any atom is 0.224 e. The van der Waals surface area contributed by atoms with E-state index in [9.17, 15) is 4.79 Å². The van der Waals surface area contributed by atoms with E-state index in [1.54, 1.807) is 0 Å². The molecule has 1 amide bonds. The van der Waals surface area contributed by atoms with Crippen molar-refractivity contribution in [2.24, 2.45) is 16.1 Å². The van der Waals surface area contributed by atoms with Crippen molar-refractivity contribution in [3.8, 4) is 0 Å². The number of amides is 1. The molecular weight excluding hydrogens is 391 g/mol. The summed E-state index contributed by atoms with van der Waals surface area (Å²) in [5.41, 5.74) is 7.17. The third kappa shape index (κ3) is 6.64. The standard InChI is InChI=1S/C16H26N4O.HI/c1-5-18-15(20-11-16(3,4)14(17)21)19-10-13-9-7-6-8-12(13)2;/h6-9H,5,10-11H2,1-4H3,(H2,17,21)(H2,18,19,20);1H. The molecule has 0 aliphatic heterocycles. The van der Waals surface area contributed by atoms with Crippen LogP contribution in [0.2, 0.25) is 0 Å². The summed E-state index contributed by atoms with van der Waals surface area (Å²) in [6, 6.07) is 8.16. The molecule has 0 unspecified atom stereocenters. The molecule has 0 saturated carbocycles. The Morgan fingerprint density at radius 2 is 1.91 bits per heavy atom. The minimum atomic E-state index is -0.612. The number of primary amides is 1. The van der Waals surface area contributed by atoms with Crippen molar-refractivity contribution < 1.29 is 4.79 Å². The summed E-state index contributed by atoms with van der Waals surface area (Å²) < 4.78 is 0. The van der Waals surface area contributed by atoms with Crippen molar-refractivity contribution in [1.29, 1.82) is 0 Å². The maximum absolute atomic E-state index is 11.3. The van der Waals surface area contributed by atoms with E-state index in [4.69, 9.17) is 5.73 Å². The van der Waals surface area contributed by atoms with Gasteiger partial charge >= 0.3 is 0 Å². The highest BCUT2D eigenvalue weighted by molar-refractivity contribution is 14.0. The molecule has 0 heterocycles. The van der Waals surface area contributed by atoms with Crippen LogP contribution in [0.4, 0.5) is 0 Å². The average molecular weight is 418 g/mol. The van der Waals surface area contributed by atoms with Gasteiger partial charge in [-0.2, -0.15) is 0 Å². The molecule has 6 heteroatoms. The number of nitrogens with zero attached hydrogens (tertiary/aromatic N) is 1. The van der Waals surface area contributed by atoms with Crippen LogP contribution in [0, 0.1) is 12.3 Å². The summed E-state index contributed by atoms with van der Waals surface area (Å²) >= 11 is 0. The van der Waals surface area contributed by atoms with Crippen molar-refractivity contribution >= 4 is 35.8 Å². The first-order chi connectivity index (χ1) is 9.86. The lowest BCUT2D eigenvalue weighted by Gasteiger charge is -2.22. The number of rotatable bonds is 6. The Kier molecular flexibility index (Phi) is 9.08. The number of nitrogens with one attached hydrogen (secondary N) is 2. The second-order valence-electron chi connectivity index (χ2n) is 5.72. The molecule has 1 rings (SSSR count). The Balaban J connectivity index is 0.00000441. The lowest BCUT2D eigenvalue weighted by atomic mass is 9.93. The highest BCUT2D eigenvalue weighted by Gasteiger charge is 2.24. The summed E-state index contributed by atoms with van der Waals surface area (Å²) in [5.74, 6) is 0.361. The van der Waals surface area contributed by atoms with E-state index in [1.807, 2.05) is 32.9 Å². The van der Waals surface area contributed by atoms with Gasteiger partial charge in [0.1, 0.15) is 0 Å². The molecule has 0 saturated heterocycles. The zero-order valence-electron chi connectivity index (χ0n) is 13.8. The van der Waals surface area contributed by atoms with Gasteiger partial charge < -0.3 is 16.4 Å². The van der Waals surface area contributed by atoms with Crippen LogP contribution in [-0.2, 0) is 11.3 Å². The summed E-state index contributed by atoms with van der Waals surface area (Å²) in [6.07, 6.45) is 0. The molecule has 5 nitrogen and oxygen atoms in total. The maximum atomic E-state index is 11.3. The van der Waals surface area contributed by atoms with Gasteiger partial charge in [-0.25, -0.2) is 4.99 Å². The van der Waals surface area contributed by atoms with Gasteiger partial charge in [0.05, 0.1) is 12.0 Å². The van der Waals surface area contributed by atoms with Gasteiger partial charge in [0.15, 0.2) is 5.96 Å². The first-order valence-corrected chi connectivity index (χ1v) is 7.23. The van der Waals surface area contributed by atoms with Crippen LogP contribution in [0.25, 0.3) is 0 Å². The minimum Gasteiger partial charge on any atom is -0.369 e. The monoisotopic (exact) mass is 418 g/mol. The lowest BCUT2D eigenvalue weighted by molar-refractivity contribution is -0.125. The van der Waals surface area contributed by atoms with E-state index in [-0.39, 0.29) is 29.9 Å². The molecular formula is C16H27IN4O. The quantitative estimate of drug-likeness (QED) is 0.377. The molecule has 0 aromatic heterocycles. The van der Waals surface area contributed by atoms with Gasteiger partial charge in [-0.3, -0.25) is 4.79 Å². The van der Waals surface area contributed by atoms with Crippen molar-refractivity contribution in [3.05, 3.63) is 35.4 Å². The van der Waals surface area contributed by atoms with Crippen LogP contribution in [0.15, 0.2) is 29.3 Å². The SMILES string of the molecule is CCNC(=NCc1ccccc1C)NCC(C)(C)C(N)=O.I. The Labute approximate surface area is 150 Å². The Hall–Kier alpha value is -1.31. The summed E-state index contributed by atoms with van der Waals surface area (Å²) in [4.78, 5) is 15.9. The van der Waals surface area contributed by atoms with Crippen molar-refractivity contribution in [3.63, 3.8) is 0 Å². The van der Waals surface area contributed by atoms with Gasteiger partial charge in [-0.15, -0.1) is 24.0 Å². The van der Waals surface area contributed by atoms with Gasteiger partial charge in [0.25, 0.3) is 0 Å². The number of nitrogens with two attached hydrogens (primary N) is 1. The molecule has 124 valence electrons. The Morgan fingerprint density at radius 3 is 2.45 bits per heavy atom. The topological polar surface area (TPSA) is 79.5 Å². The van der Waals surface area contributed by atoms with Crippen LogP contribution in [0.3, 0.4) is 0 Å². The predicted octanol–water partition coefficient (Wildman–Crippen LogP) is 2.18. The van der Waals surface area contributed by atoms with E-state index in [1.165, 1.54) is 11.1 Å². The Bertz CT molecular complexity index is 515. The van der Waals surface area contributed by atoms with E-state index in [0.29, 0.717) is 19.0 Å². The van der Waals surface area contributed by atoms with Crippen LogP contribution >= 0.6 is 24.0 Å². The summed E-state index contributed by atoms with van der Waals surface area (Å²) in [6.45, 7) is 9.50. The smallest absolute Gasteiger partial charge is 0.224 e. The highest BCUT2D eigenvalue weighted by atomic mass is 127. The largest absolute Gasteiger partial charge is 0.369 e. The van der Waals surface area contributed by atoms with E-state index in [0.717, 1.165) is 6.54 Å². The van der Waals surface area contributed by atoms with Crippen LogP contribution in [0.1, 0.15) is 31.9 Å². The number of guanidine groups is 1. The number of hydrogen-bond donors (Lipinski definition) is 3. The summed E-state index contributed by atoms with van der Waals surface area (Å²) in [5, 5.41) is 6.34. The second-order valence-corrected chi connectivity index (χ2v) is 5.72. The van der Waals surface area contributed by atoms with E-state index >= 15 is 0 Å². The molecule has 0 bridgehead atoms. The molecule has 0 atom stereocenters. The lowest BCUT2D eigenvalue weighted by Crippen LogP contribution is -2.46. The van der Waals surface area contributed by atoms with Crippen LogP contribution < -0.4 is 16.4 Å². The number of aliphatic imine (C=N–C) groups is 1. The van der Waals surface area contributed by atoms with Crippen molar-refractivity contribution in [1.82, 2.24) is 10.6 Å². The highest BCUT2D eigenvalue weighted by Crippen LogP contribution is 2.12. The number of carbonyl (C=O) groups excluding carboxylic acids is 1. The first-order valence-electron chi connectivity index (χ1n) is 7.23. The predicted molar refractivity (Wildman–Crippen MR) is 102 cm³/mol. The van der Waals surface area contributed by atoms with Crippen molar-refractivity contribution in [2.45, 2.75) is 34.2 Å². The van der Waals surface area contributed by atoms with Crippen molar-refractivity contribution in [2.75, 3.05) is 13.1 Å². The number of benzene rings is 1. The van der Waals surface area contributed by atoms with Gasteiger partial charge in [-0.1, -0.05) is 24.3 Å². The number of halogens is 1. The van der Waals surface area contributed by atoms with Crippen LogP contribution in [-0.4, -0.2) is 25.0 Å². The number of aryl methyl sites for hydroxylation is 1. The van der Waals surface area contributed by atoms with Gasteiger partial charge in [-0.05, 0) is 38.8 Å². The van der Waals surface area contributed by atoms with E-state index in [2.05, 4.69) is 34.7 Å². The number of carbonyl (C=O) groups is 1. The molecule has 4 N–H and O–H groups in total. The zero-order valence-corrected chi connectivity index (χ0v) is 16.1. The molecule has 0 aliphatic carbocycles. The fourth-order valence-electron chi connectivity index (χ4n) is 1.69. The van der Waals surface area contributed by atoms with Gasteiger partial charge in [0.2, 0.25) is 5.91 Å². The van der Waals surface area contributed by atoms with E-state index < -0.39 is 5.41 Å². The Morgan fingerprint density at radius 1 is 1.27 bits per heavy atom. The minimum absolute atomic E-state index is 0. The molecule has 1 aromatic rings. The summed E-state index contributed by atoms with van der Waals surface area (Å²) in [7, 11) is 0. The molecule has 1 aromatic carbocycles. The molecule has 0 fully saturated rings. The average Bonchev–Trinajstić information content (AvgIpc) is 2.43. The van der Waals surface area contributed by atoms with Gasteiger partial charge in [0, 0.05) is 13.1 Å². The zero-order chi connectivity index (χ0) is 15.9. The molecule has 0 spiro atoms. The fraction of sp³-hybridized carbons (Fsp3) is 0.500. The molecule has 0 aliphatic rings. The second kappa shape index (κ2) is 9.66. The molecule has 22 heavy (non-hydrogen) atoms. The third-order valence-corrected chi connectivity index (χ3v) is 3.38. The van der Waals surface area contributed by atoms with Crippen LogP contribution in [0.5, 0.6) is 0 Å². The normalized spacial score (nSPS) is 11.5. The first kappa shape index (κ1) is 20.7. The number of hydrogen-bond acceptors (Lipinski definition) is 2.